The van der Waals surface area contributed by atoms with E-state index < -0.39 is 0 Å². The van der Waals surface area contributed by atoms with Crippen molar-refractivity contribution in [1.82, 2.24) is 15.0 Å². The van der Waals surface area contributed by atoms with E-state index in [1.807, 2.05) is 61.5 Å². The van der Waals surface area contributed by atoms with Gasteiger partial charge in [0.05, 0.1) is 5.71 Å². The Morgan fingerprint density at radius 1 is 0.900 bits per heavy atom. The van der Waals surface area contributed by atoms with Gasteiger partial charge in [-0.1, -0.05) is 46.3 Å². The van der Waals surface area contributed by atoms with E-state index in [-0.39, 0.29) is 0 Å². The highest BCUT2D eigenvalue weighted by Crippen LogP contribution is 2.21. The topological polar surface area (TPSA) is 78.3 Å². The normalized spacial score (nSPS) is 14.5. The van der Waals surface area contributed by atoms with Crippen molar-refractivity contribution >= 4 is 45.2 Å². The summed E-state index contributed by atoms with van der Waals surface area (Å²) in [7, 11) is 0. The van der Waals surface area contributed by atoms with E-state index in [9.17, 15) is 0 Å². The quantitative estimate of drug-likeness (QED) is 0.384. The summed E-state index contributed by atoms with van der Waals surface area (Å²) in [5.74, 6) is 1.58. The Morgan fingerprint density at radius 3 is 2.33 bits per heavy atom. The van der Waals surface area contributed by atoms with E-state index in [0.717, 1.165) is 47.4 Å². The van der Waals surface area contributed by atoms with Crippen molar-refractivity contribution in [2.24, 2.45) is 5.10 Å². The second kappa shape index (κ2) is 9.67. The van der Waals surface area contributed by atoms with Crippen LogP contribution in [0.15, 0.2) is 64.2 Å². The predicted molar refractivity (Wildman–Crippen MR) is 126 cm³/mol. The Morgan fingerprint density at radius 2 is 1.60 bits per heavy atom. The Bertz CT molecular complexity index is 1000. The number of hydrogen-bond acceptors (Lipinski definition) is 7. The molecule has 0 aliphatic carbocycles. The molecule has 1 saturated heterocycles. The number of anilines is 4. The number of hydrogen-bond donors (Lipinski definition) is 2. The smallest absolute Gasteiger partial charge is 0.250 e. The molecule has 1 aliphatic rings. The second-order valence-electron chi connectivity index (χ2n) is 7.14. The lowest BCUT2D eigenvalue weighted by molar-refractivity contribution is 0.568. The van der Waals surface area contributed by atoms with Crippen LogP contribution in [0.3, 0.4) is 0 Å². The highest BCUT2D eigenvalue weighted by Gasteiger charge is 2.16. The SMILES string of the molecule is C/C(=N/Nc1nc(Nc2ccccc2)nc(N2CCCCC2)n1)c1ccc(Br)cc1. The molecule has 4 rings (SSSR count). The van der Waals surface area contributed by atoms with Gasteiger partial charge in [-0.15, -0.1) is 0 Å². The van der Waals surface area contributed by atoms with Crippen molar-refractivity contribution in [2.75, 3.05) is 28.7 Å². The summed E-state index contributed by atoms with van der Waals surface area (Å²) in [4.78, 5) is 16.0. The summed E-state index contributed by atoms with van der Waals surface area (Å²) in [5.41, 5.74) is 5.81. The zero-order chi connectivity index (χ0) is 20.8. The van der Waals surface area contributed by atoms with Crippen LogP contribution in [0.25, 0.3) is 0 Å². The molecule has 8 heteroatoms. The van der Waals surface area contributed by atoms with Gasteiger partial charge in [-0.05, 0) is 56.0 Å². The fourth-order valence-electron chi connectivity index (χ4n) is 3.25. The average molecular weight is 466 g/mol. The number of nitrogens with one attached hydrogen (secondary N) is 2. The molecule has 7 nitrogen and oxygen atoms in total. The van der Waals surface area contributed by atoms with Crippen LogP contribution in [-0.2, 0) is 0 Å². The van der Waals surface area contributed by atoms with Crippen molar-refractivity contribution in [1.29, 1.82) is 0 Å². The standard InChI is InChI=1S/C22H24BrN7/c1-16(17-10-12-18(23)13-11-17)28-29-21-25-20(24-19-8-4-2-5-9-19)26-22(27-21)30-14-6-3-7-15-30/h2,4-5,8-13H,3,6-7,14-15H2,1H3,(H2,24,25,26,27,29)/b28-16-. The Labute approximate surface area is 184 Å². The minimum Gasteiger partial charge on any atom is -0.341 e. The summed E-state index contributed by atoms with van der Waals surface area (Å²) >= 11 is 3.46. The molecule has 1 aromatic heterocycles. The van der Waals surface area contributed by atoms with Gasteiger partial charge in [0.15, 0.2) is 0 Å². The molecule has 3 aromatic rings. The number of halogens is 1. The van der Waals surface area contributed by atoms with Crippen LogP contribution in [-0.4, -0.2) is 33.8 Å². The van der Waals surface area contributed by atoms with Crippen LogP contribution in [0.1, 0.15) is 31.7 Å². The lowest BCUT2D eigenvalue weighted by atomic mass is 10.1. The first-order valence-corrected chi connectivity index (χ1v) is 10.9. The molecule has 0 radical (unpaired) electrons. The van der Waals surface area contributed by atoms with E-state index >= 15 is 0 Å². The van der Waals surface area contributed by atoms with E-state index in [1.54, 1.807) is 0 Å². The van der Waals surface area contributed by atoms with Crippen LogP contribution < -0.4 is 15.6 Å². The molecule has 0 bridgehead atoms. The minimum atomic E-state index is 0.417. The average Bonchev–Trinajstić information content (AvgIpc) is 2.79. The van der Waals surface area contributed by atoms with E-state index in [4.69, 9.17) is 0 Å². The highest BCUT2D eigenvalue weighted by molar-refractivity contribution is 9.10. The van der Waals surface area contributed by atoms with Crippen molar-refractivity contribution in [3.63, 3.8) is 0 Å². The third kappa shape index (κ3) is 5.33. The van der Waals surface area contributed by atoms with Gasteiger partial charge >= 0.3 is 0 Å². The van der Waals surface area contributed by atoms with Gasteiger partial charge in [0.1, 0.15) is 0 Å². The highest BCUT2D eigenvalue weighted by atomic mass is 79.9. The summed E-state index contributed by atoms with van der Waals surface area (Å²) in [6.45, 7) is 3.86. The van der Waals surface area contributed by atoms with E-state index in [1.165, 1.54) is 6.42 Å². The van der Waals surface area contributed by atoms with Crippen LogP contribution in [0.4, 0.5) is 23.5 Å². The Kier molecular flexibility index (Phi) is 6.53. The molecule has 2 heterocycles. The molecule has 1 fully saturated rings. The van der Waals surface area contributed by atoms with Crippen molar-refractivity contribution in [3.05, 3.63) is 64.6 Å². The maximum absolute atomic E-state index is 4.65. The van der Waals surface area contributed by atoms with Crippen LogP contribution in [0, 0.1) is 0 Å². The van der Waals surface area contributed by atoms with E-state index in [0.29, 0.717) is 17.8 Å². The van der Waals surface area contributed by atoms with Gasteiger partial charge in [-0.25, -0.2) is 5.43 Å². The number of piperidine rings is 1. The van der Waals surface area contributed by atoms with E-state index in [2.05, 4.69) is 51.6 Å². The summed E-state index contributed by atoms with van der Waals surface area (Å²) in [6, 6.07) is 17.9. The molecule has 0 atom stereocenters. The van der Waals surface area contributed by atoms with Gasteiger partial charge in [-0.2, -0.15) is 20.1 Å². The zero-order valence-corrected chi connectivity index (χ0v) is 18.4. The summed E-state index contributed by atoms with van der Waals surface area (Å²) in [6.07, 6.45) is 3.55. The summed E-state index contributed by atoms with van der Waals surface area (Å²) in [5, 5.41) is 7.75. The van der Waals surface area contributed by atoms with Gasteiger partial charge < -0.3 is 10.2 Å². The van der Waals surface area contributed by atoms with Crippen LogP contribution in [0.5, 0.6) is 0 Å². The number of para-hydroxylation sites is 1. The molecular formula is C22H24BrN7. The van der Waals surface area contributed by atoms with Crippen LogP contribution in [0.2, 0.25) is 0 Å². The number of nitrogens with zero attached hydrogens (tertiary/aromatic N) is 5. The molecule has 2 N–H and O–H groups in total. The molecular weight excluding hydrogens is 442 g/mol. The molecule has 1 aliphatic heterocycles. The molecule has 0 amide bonds. The van der Waals surface area contributed by atoms with Crippen molar-refractivity contribution in [2.45, 2.75) is 26.2 Å². The van der Waals surface area contributed by atoms with Gasteiger partial charge in [0.2, 0.25) is 17.8 Å². The fraction of sp³-hybridized carbons (Fsp3) is 0.273. The third-order valence-electron chi connectivity index (χ3n) is 4.88. The first kappa shape index (κ1) is 20.3. The molecule has 0 spiro atoms. The molecule has 0 saturated carbocycles. The van der Waals surface area contributed by atoms with Crippen LogP contribution >= 0.6 is 15.9 Å². The van der Waals surface area contributed by atoms with Gasteiger partial charge in [-0.3, -0.25) is 0 Å². The monoisotopic (exact) mass is 465 g/mol. The van der Waals surface area contributed by atoms with Crippen molar-refractivity contribution in [3.8, 4) is 0 Å². The van der Waals surface area contributed by atoms with Crippen molar-refractivity contribution < 1.29 is 0 Å². The molecule has 154 valence electrons. The summed E-state index contributed by atoms with van der Waals surface area (Å²) < 4.78 is 1.03. The lowest BCUT2D eigenvalue weighted by Gasteiger charge is -2.26. The zero-order valence-electron chi connectivity index (χ0n) is 16.8. The number of hydrazone groups is 1. The first-order chi connectivity index (χ1) is 14.7. The Balaban J connectivity index is 1.59. The minimum absolute atomic E-state index is 0.417. The number of benzene rings is 2. The maximum atomic E-state index is 4.65. The number of rotatable bonds is 6. The van der Waals surface area contributed by atoms with Gasteiger partial charge in [0, 0.05) is 23.2 Å². The Hall–Kier alpha value is -3.00. The maximum Gasteiger partial charge on any atom is 0.250 e. The number of aromatic nitrogens is 3. The molecule has 0 unspecified atom stereocenters. The fourth-order valence-corrected chi connectivity index (χ4v) is 3.51. The van der Waals surface area contributed by atoms with Gasteiger partial charge in [0.25, 0.3) is 0 Å². The lowest BCUT2D eigenvalue weighted by Crippen LogP contribution is -2.31. The third-order valence-corrected chi connectivity index (χ3v) is 5.41. The first-order valence-electron chi connectivity index (χ1n) is 10.1. The second-order valence-corrected chi connectivity index (χ2v) is 8.05. The predicted octanol–water partition coefficient (Wildman–Crippen LogP) is 5.20. The molecule has 2 aromatic carbocycles. The largest absolute Gasteiger partial charge is 0.341 e. The molecule has 30 heavy (non-hydrogen) atoms.